The van der Waals surface area contributed by atoms with E-state index in [4.69, 9.17) is 21.4 Å². The van der Waals surface area contributed by atoms with Gasteiger partial charge in [0, 0.05) is 52.4 Å². The largest absolute Gasteiger partial charge is 0.508 e. The highest BCUT2D eigenvalue weighted by Gasteiger charge is 2.49. The third kappa shape index (κ3) is 21.9. The Morgan fingerprint density at radius 3 is 1.91 bits per heavy atom. The van der Waals surface area contributed by atoms with E-state index in [1.165, 1.54) is 30.7 Å². The van der Waals surface area contributed by atoms with Crippen LogP contribution in [0.2, 0.25) is 0 Å². The molecule has 0 aromatic heterocycles. The lowest BCUT2D eigenvalue weighted by atomic mass is 9.91. The second kappa shape index (κ2) is 34.7. The van der Waals surface area contributed by atoms with Gasteiger partial charge in [-0.1, -0.05) is 77.8 Å². The van der Waals surface area contributed by atoms with Gasteiger partial charge in [0.2, 0.25) is 41.4 Å². The number of aromatic hydroxyl groups is 1. The summed E-state index contributed by atoms with van der Waals surface area (Å²) in [5.41, 5.74) is 11.5. The predicted octanol–water partition coefficient (Wildman–Crippen LogP) is -3.22. The number of phenols is 1. The Morgan fingerprint density at radius 2 is 1.31 bits per heavy atom. The minimum Gasteiger partial charge on any atom is -0.508 e. The van der Waals surface area contributed by atoms with E-state index >= 15 is 0 Å². The number of fused-ring (bicyclic) bond motifs is 2. The molecule has 3 heterocycles. The number of nitrogens with two attached hydrogens (primary N) is 2. The predicted molar refractivity (Wildman–Crippen MR) is 293 cm³/mol. The lowest BCUT2D eigenvalue weighted by Crippen LogP contribution is -2.65. The van der Waals surface area contributed by atoms with Crippen molar-refractivity contribution in [3.05, 3.63) is 29.8 Å². The van der Waals surface area contributed by atoms with Gasteiger partial charge >= 0.3 is 0 Å². The normalized spacial score (nSPS) is 27.5. The van der Waals surface area contributed by atoms with E-state index in [0.717, 1.165) is 62.2 Å². The summed E-state index contributed by atoms with van der Waals surface area (Å²) in [6, 6.07) is -6.40. The van der Waals surface area contributed by atoms with Gasteiger partial charge in [0.25, 0.3) is 5.97 Å². The monoisotopic (exact) mass is 1150 g/mol. The Hall–Kier alpha value is -5.62. The first-order valence-corrected chi connectivity index (χ1v) is 28.3. The molecule has 3 aliphatic rings. The van der Waals surface area contributed by atoms with Crippen molar-refractivity contribution in [3.8, 4) is 5.75 Å². The van der Waals surface area contributed by atoms with Crippen LogP contribution in [0.5, 0.6) is 5.75 Å². The summed E-state index contributed by atoms with van der Waals surface area (Å²) in [4.78, 5) is 111. The molecule has 0 spiro atoms. The molecule has 7 amide bonds. The Kier molecular flexibility index (Phi) is 29.9. The van der Waals surface area contributed by atoms with E-state index < -0.39 is 152 Å². The first-order valence-electron chi connectivity index (χ1n) is 28.3. The number of aliphatic hydroxyl groups excluding tert-OH is 7. The van der Waals surface area contributed by atoms with Gasteiger partial charge in [0.1, 0.15) is 60.4 Å². The van der Waals surface area contributed by atoms with Crippen LogP contribution in [0.3, 0.4) is 0 Å². The van der Waals surface area contributed by atoms with Crippen LogP contribution in [0.15, 0.2) is 24.3 Å². The van der Waals surface area contributed by atoms with Gasteiger partial charge in [-0.3, -0.25) is 43.7 Å². The average molecular weight is 1150 g/mol. The zero-order valence-electron chi connectivity index (χ0n) is 47.3. The van der Waals surface area contributed by atoms with Crippen LogP contribution >= 0.6 is 0 Å². The molecule has 16 atom stereocenters. The van der Waals surface area contributed by atoms with Gasteiger partial charge < -0.3 is 93.8 Å². The first kappa shape index (κ1) is 69.6. The summed E-state index contributed by atoms with van der Waals surface area (Å²) in [5.74, 6) is -7.27. The number of nitrogens with one attached hydrogen (secondary N) is 6. The fourth-order valence-corrected chi connectivity index (χ4v) is 10.2. The smallest absolute Gasteiger partial charge is 0.300 e. The standard InChI is InChI=1S/C52H88N10O15.C2H4O2/c1-5-28(2)24-29(3)12-10-8-6-7-9-11-13-39(69)56-34-26-38(68)46(55-22-21-54)60-50(75)43-37(67)19-23-61(43)52(77)41(36(66)18-20-53)58-49(74)42(45(71)44(70)31-14-16-32(64)17-15-31)59-48(73)35-25-33(65)27-62(35)51(76)40(30(4)63)57-47(34)72;1-2(3)4/h14-17,28-30,33-38,40-46,55,63-68,70-71H,5-13,18-27,53-54H2,1-4H3,(H,56,69)(H,57,72)(H,58,74)(H,59,73)(H,60,75);1H3,(H,3,4)/t28?,29?,30-,33-,34+,35+,36+,37+,38-,40+,41+,42+,43+,44+,45+,46-;/m1./s1. The molecule has 1 aromatic carbocycles. The number of rotatable bonds is 23. The Bertz CT molecular complexity index is 2180. The maximum absolute atomic E-state index is 14.6. The Morgan fingerprint density at radius 1 is 0.716 bits per heavy atom. The molecular weight excluding hydrogens is 1060 g/mol. The van der Waals surface area contributed by atoms with E-state index in [0.29, 0.717) is 24.7 Å². The highest BCUT2D eigenvalue weighted by atomic mass is 16.4. The molecule has 0 aliphatic carbocycles. The van der Waals surface area contributed by atoms with Crippen molar-refractivity contribution in [2.24, 2.45) is 23.3 Å². The molecule has 0 bridgehead atoms. The number of aliphatic hydroxyl groups is 7. The molecule has 2 unspecified atom stereocenters. The van der Waals surface area contributed by atoms with Crippen molar-refractivity contribution in [2.45, 2.75) is 210 Å². The number of benzene rings is 1. The number of carboxylic acid groups (broad SMARTS) is 1. The van der Waals surface area contributed by atoms with Crippen molar-refractivity contribution in [2.75, 3.05) is 32.7 Å². The highest BCUT2D eigenvalue weighted by Crippen LogP contribution is 2.27. The van der Waals surface area contributed by atoms with E-state index in [-0.39, 0.29) is 56.8 Å². The number of aliphatic carboxylic acids is 1. The molecule has 3 fully saturated rings. The summed E-state index contributed by atoms with van der Waals surface area (Å²) in [6.45, 7) is 7.82. The van der Waals surface area contributed by atoms with E-state index in [9.17, 15) is 74.4 Å². The maximum Gasteiger partial charge on any atom is 0.300 e. The second-order valence-electron chi connectivity index (χ2n) is 21.8. The van der Waals surface area contributed by atoms with Crippen molar-refractivity contribution in [1.82, 2.24) is 41.7 Å². The van der Waals surface area contributed by atoms with Crippen LogP contribution < -0.4 is 43.4 Å². The third-order valence-corrected chi connectivity index (χ3v) is 14.9. The molecular formula is C54H92N10O17. The number of hydrogen-bond donors (Lipinski definition) is 17. The maximum atomic E-state index is 14.6. The van der Waals surface area contributed by atoms with Gasteiger partial charge in [0.15, 0.2) is 0 Å². The number of unbranched alkanes of at least 4 members (excludes halogenated alkanes) is 5. The number of carboxylic acids is 1. The third-order valence-electron chi connectivity index (χ3n) is 14.9. The van der Waals surface area contributed by atoms with Gasteiger partial charge in [-0.25, -0.2) is 0 Å². The number of amides is 7. The van der Waals surface area contributed by atoms with Gasteiger partial charge in [-0.05, 0) is 68.7 Å². The topological polar surface area (TPSA) is 449 Å². The van der Waals surface area contributed by atoms with Gasteiger partial charge in [0.05, 0.1) is 30.5 Å². The number of nitrogens with zero attached hydrogens (tertiary/aromatic N) is 2. The van der Waals surface area contributed by atoms with Crippen LogP contribution in [-0.4, -0.2) is 215 Å². The lowest BCUT2D eigenvalue weighted by Gasteiger charge is -2.35. The van der Waals surface area contributed by atoms with Crippen LogP contribution in [0, 0.1) is 11.8 Å². The van der Waals surface area contributed by atoms with Crippen molar-refractivity contribution in [3.63, 3.8) is 0 Å². The zero-order chi connectivity index (χ0) is 60.7. The number of hydrogen-bond acceptors (Lipinski definition) is 19. The summed E-state index contributed by atoms with van der Waals surface area (Å²) in [7, 11) is 0. The average Bonchev–Trinajstić information content (AvgIpc) is 4.01. The fourth-order valence-electron chi connectivity index (χ4n) is 10.2. The molecule has 19 N–H and O–H groups in total. The zero-order valence-corrected chi connectivity index (χ0v) is 47.3. The van der Waals surface area contributed by atoms with Gasteiger partial charge in [-0.2, -0.15) is 0 Å². The molecule has 27 nitrogen and oxygen atoms in total. The summed E-state index contributed by atoms with van der Waals surface area (Å²) in [6.07, 6.45) is -6.95. The van der Waals surface area contributed by atoms with Crippen LogP contribution in [0.25, 0.3) is 0 Å². The summed E-state index contributed by atoms with van der Waals surface area (Å²) < 4.78 is 0. The SMILES string of the molecule is CC(=O)O.CCC(C)CC(C)CCCCCCCCC(=O)N[C@H]1C[C@@H](O)[C@H](NCCN)NC(=O)[C@@H]2[C@@H](O)CCN2C(=O)[C@H]([C@@H](O)CCN)NC(=O)[C@H]([C@H](O)[C@@H](O)c2ccc(O)cc2)NC(=O)[C@@H]2C[C@@H](O)CN2C(=O)[C@H]([C@@H](C)O)NC1=O. The molecule has 460 valence electrons. The fraction of sp³-hybridized carbons (Fsp3) is 0.741. The quantitative estimate of drug-likeness (QED) is 0.0479. The molecule has 1 aromatic rings. The van der Waals surface area contributed by atoms with Crippen molar-refractivity contribution in [1.29, 1.82) is 0 Å². The number of carbonyl (C=O) groups is 8. The summed E-state index contributed by atoms with van der Waals surface area (Å²) >= 11 is 0. The minimum atomic E-state index is -2.28. The highest BCUT2D eigenvalue weighted by molar-refractivity contribution is 5.98. The van der Waals surface area contributed by atoms with Crippen LogP contribution in [-0.2, 0) is 38.4 Å². The van der Waals surface area contributed by atoms with Crippen LogP contribution in [0.1, 0.15) is 136 Å². The van der Waals surface area contributed by atoms with E-state index in [1.807, 2.05) is 0 Å². The summed E-state index contributed by atoms with van der Waals surface area (Å²) in [5, 5.41) is 112. The number of phenolic OH excluding ortho intramolecular Hbond substituents is 1. The van der Waals surface area contributed by atoms with E-state index in [2.05, 4.69) is 52.7 Å². The van der Waals surface area contributed by atoms with Crippen LogP contribution in [0.4, 0.5) is 0 Å². The molecule has 0 saturated carbocycles. The van der Waals surface area contributed by atoms with E-state index in [1.54, 1.807) is 0 Å². The van der Waals surface area contributed by atoms with Crippen molar-refractivity contribution >= 4 is 47.3 Å². The first-order chi connectivity index (χ1) is 38.3. The molecule has 81 heavy (non-hydrogen) atoms. The molecule has 27 heteroatoms. The Labute approximate surface area is 473 Å². The molecule has 3 aliphatic heterocycles. The minimum absolute atomic E-state index is 0.0257. The van der Waals surface area contributed by atoms with Crippen molar-refractivity contribution < 1.29 is 84.3 Å². The number of carbonyl (C=O) groups excluding carboxylic acids is 7. The molecule has 3 saturated heterocycles. The molecule has 4 rings (SSSR count). The second-order valence-corrected chi connectivity index (χ2v) is 21.8. The lowest BCUT2D eigenvalue weighted by molar-refractivity contribution is -0.148. The Balaban J connectivity index is 0.00000416. The molecule has 0 radical (unpaired) electrons. The van der Waals surface area contributed by atoms with Gasteiger partial charge in [-0.15, -0.1) is 0 Å².